The molecule has 0 saturated heterocycles. The van der Waals surface area contributed by atoms with Crippen LogP contribution in [0.1, 0.15) is 21.7 Å². The average molecular weight is 384 g/mol. The van der Waals surface area contributed by atoms with E-state index in [1.54, 1.807) is 48.5 Å². The van der Waals surface area contributed by atoms with Crippen LogP contribution in [0.4, 0.5) is 5.69 Å². The van der Waals surface area contributed by atoms with Crippen LogP contribution < -0.4 is 5.32 Å². The fourth-order valence-corrected chi connectivity index (χ4v) is 3.79. The van der Waals surface area contributed by atoms with E-state index in [4.69, 9.17) is 20.6 Å². The Morgan fingerprint density at radius 1 is 1.00 bits per heavy atom. The molecule has 0 fully saturated rings. The lowest BCUT2D eigenvalue weighted by molar-refractivity contribution is 0.0600. The smallest absolute Gasteiger partial charge is 0.356 e. The van der Waals surface area contributed by atoms with E-state index in [9.17, 15) is 9.36 Å². The summed E-state index contributed by atoms with van der Waals surface area (Å²) >= 11 is 5.92. The van der Waals surface area contributed by atoms with E-state index in [1.807, 2.05) is 0 Å². The summed E-state index contributed by atoms with van der Waals surface area (Å²) in [5, 5.41) is 3.70. The summed E-state index contributed by atoms with van der Waals surface area (Å²) < 4.78 is 27.9. The monoisotopic (exact) mass is 383 g/mol. The highest BCUT2D eigenvalue weighted by Gasteiger charge is 2.35. The van der Waals surface area contributed by atoms with Crippen molar-refractivity contribution in [3.8, 4) is 0 Å². The van der Waals surface area contributed by atoms with E-state index in [0.717, 1.165) is 0 Å². The van der Waals surface area contributed by atoms with Gasteiger partial charge in [-0.05, 0) is 42.0 Å². The lowest BCUT2D eigenvalue weighted by Crippen LogP contribution is -2.13. The highest BCUT2D eigenvalue weighted by Crippen LogP contribution is 2.59. The molecule has 1 atom stereocenters. The Labute approximate surface area is 151 Å². The van der Waals surface area contributed by atoms with Crippen molar-refractivity contribution in [2.24, 2.45) is 0 Å². The number of ether oxygens (including phenoxy) is 1. The van der Waals surface area contributed by atoms with Gasteiger partial charge in [0.15, 0.2) is 5.78 Å². The lowest BCUT2D eigenvalue weighted by Gasteiger charge is -2.26. The van der Waals surface area contributed by atoms with Crippen LogP contribution in [0.5, 0.6) is 0 Å². The second-order valence-corrected chi connectivity index (χ2v) is 7.84. The molecule has 0 radical (unpaired) electrons. The van der Waals surface area contributed by atoms with Crippen LogP contribution >= 0.6 is 19.2 Å². The van der Waals surface area contributed by atoms with Crippen LogP contribution in [0.25, 0.3) is 0 Å². The zero-order chi connectivity index (χ0) is 18.4. The number of esters is 1. The highest BCUT2D eigenvalue weighted by molar-refractivity contribution is 7.54. The molecule has 0 aromatic heterocycles. The lowest BCUT2D eigenvalue weighted by atomic mass is 10.2. The number of carbonyl (C=O) groups is 1. The number of rotatable bonds is 7. The summed E-state index contributed by atoms with van der Waals surface area (Å²) in [7, 11) is 0.499. The Bertz CT molecular complexity index is 756. The second-order valence-electron chi connectivity index (χ2n) is 5.07. The Balaban J connectivity index is 2.34. The molecule has 1 unspecified atom stereocenters. The molecule has 25 heavy (non-hydrogen) atoms. The molecule has 2 aromatic carbocycles. The summed E-state index contributed by atoms with van der Waals surface area (Å²) in [6.07, 6.45) is 0. The van der Waals surface area contributed by atoms with Gasteiger partial charge in [-0.25, -0.2) is 4.79 Å². The first-order chi connectivity index (χ1) is 11.9. The summed E-state index contributed by atoms with van der Waals surface area (Å²) in [5.74, 6) is -1.18. The van der Waals surface area contributed by atoms with Crippen molar-refractivity contribution in [2.45, 2.75) is 5.78 Å². The number of nitrogens with one attached hydrogen (secondary N) is 1. The molecule has 6 nitrogen and oxygen atoms in total. The third-order valence-corrected chi connectivity index (χ3v) is 5.95. The molecule has 0 aliphatic heterocycles. The van der Waals surface area contributed by atoms with E-state index in [-0.39, 0.29) is 0 Å². The van der Waals surface area contributed by atoms with Crippen molar-refractivity contribution in [1.82, 2.24) is 0 Å². The summed E-state index contributed by atoms with van der Waals surface area (Å²) in [6, 6.07) is 13.5. The number of carbonyl (C=O) groups excluding carboxylic acids is 1. The first-order valence-electron chi connectivity index (χ1n) is 7.35. The molecule has 0 bridgehead atoms. The molecule has 134 valence electrons. The highest BCUT2D eigenvalue weighted by atomic mass is 35.5. The summed E-state index contributed by atoms with van der Waals surface area (Å²) in [6.45, 7) is 0. The average Bonchev–Trinajstić information content (AvgIpc) is 2.66. The van der Waals surface area contributed by atoms with Gasteiger partial charge in [0.2, 0.25) is 0 Å². The Morgan fingerprint density at radius 3 is 2.04 bits per heavy atom. The predicted octanol–water partition coefficient (Wildman–Crippen LogP) is 4.72. The van der Waals surface area contributed by atoms with Gasteiger partial charge in [0, 0.05) is 24.9 Å². The standard InChI is InChI=1S/C17H19ClNO5P/c1-22-17(20)13-6-10-15(11-7-13)19-16(25(21,23-2)24-3)12-4-8-14(18)9-5-12/h4-11,16,19H,1-3H3. The minimum atomic E-state index is -3.48. The fraction of sp³-hybridized carbons (Fsp3) is 0.235. The Morgan fingerprint density at radius 2 is 1.56 bits per heavy atom. The van der Waals surface area contributed by atoms with Crippen molar-refractivity contribution >= 4 is 30.9 Å². The molecule has 0 heterocycles. The van der Waals surface area contributed by atoms with Crippen molar-refractivity contribution < 1.29 is 23.1 Å². The number of benzene rings is 2. The minimum absolute atomic E-state index is 0.415. The summed E-state index contributed by atoms with van der Waals surface area (Å²) in [5.41, 5.74) is 1.74. The zero-order valence-electron chi connectivity index (χ0n) is 14.1. The van der Waals surface area contributed by atoms with E-state index in [1.165, 1.54) is 21.3 Å². The number of halogens is 1. The van der Waals surface area contributed by atoms with E-state index >= 15 is 0 Å². The van der Waals surface area contributed by atoms with Crippen LogP contribution in [-0.4, -0.2) is 27.3 Å². The Kier molecular flexibility index (Phi) is 6.62. The van der Waals surface area contributed by atoms with Gasteiger partial charge in [-0.2, -0.15) is 0 Å². The van der Waals surface area contributed by atoms with Crippen molar-refractivity contribution in [1.29, 1.82) is 0 Å². The molecular weight excluding hydrogens is 365 g/mol. The molecule has 2 aromatic rings. The van der Waals surface area contributed by atoms with Crippen LogP contribution in [0.3, 0.4) is 0 Å². The third kappa shape index (κ3) is 4.61. The molecule has 2 rings (SSSR count). The van der Waals surface area contributed by atoms with Gasteiger partial charge >= 0.3 is 13.6 Å². The van der Waals surface area contributed by atoms with E-state index < -0.39 is 19.3 Å². The van der Waals surface area contributed by atoms with Crippen LogP contribution in [0.2, 0.25) is 5.02 Å². The van der Waals surface area contributed by atoms with Gasteiger partial charge in [0.1, 0.15) is 0 Å². The van der Waals surface area contributed by atoms with Gasteiger partial charge in [0.05, 0.1) is 12.7 Å². The number of hydrogen-bond acceptors (Lipinski definition) is 6. The molecular formula is C17H19ClNO5P. The van der Waals surface area contributed by atoms with Crippen LogP contribution in [-0.2, 0) is 18.3 Å². The van der Waals surface area contributed by atoms with Gasteiger partial charge in [0.25, 0.3) is 0 Å². The number of methoxy groups -OCH3 is 1. The molecule has 1 N–H and O–H groups in total. The molecule has 0 saturated carbocycles. The topological polar surface area (TPSA) is 73.9 Å². The van der Waals surface area contributed by atoms with Crippen molar-refractivity contribution in [2.75, 3.05) is 26.6 Å². The maximum atomic E-state index is 12.9. The van der Waals surface area contributed by atoms with E-state index in [2.05, 4.69) is 10.1 Å². The zero-order valence-corrected chi connectivity index (χ0v) is 15.7. The number of anilines is 1. The normalized spacial score (nSPS) is 12.5. The number of hydrogen-bond donors (Lipinski definition) is 1. The van der Waals surface area contributed by atoms with Gasteiger partial charge < -0.3 is 19.1 Å². The maximum Gasteiger partial charge on any atom is 0.356 e. The van der Waals surface area contributed by atoms with Gasteiger partial charge in [-0.3, -0.25) is 4.57 Å². The van der Waals surface area contributed by atoms with Crippen LogP contribution in [0.15, 0.2) is 48.5 Å². The van der Waals surface area contributed by atoms with E-state index in [0.29, 0.717) is 21.8 Å². The van der Waals surface area contributed by atoms with Gasteiger partial charge in [-0.15, -0.1) is 0 Å². The largest absolute Gasteiger partial charge is 0.465 e. The van der Waals surface area contributed by atoms with Gasteiger partial charge in [-0.1, -0.05) is 23.7 Å². The minimum Gasteiger partial charge on any atom is -0.465 e. The quantitative estimate of drug-likeness (QED) is 0.550. The Hall–Kier alpha value is -1.85. The maximum absolute atomic E-state index is 12.9. The summed E-state index contributed by atoms with van der Waals surface area (Å²) in [4.78, 5) is 11.5. The molecule has 0 spiro atoms. The third-order valence-electron chi connectivity index (χ3n) is 3.62. The molecule has 0 amide bonds. The molecule has 0 aliphatic rings. The predicted molar refractivity (Wildman–Crippen MR) is 97.2 cm³/mol. The molecule has 0 aliphatic carbocycles. The first-order valence-corrected chi connectivity index (χ1v) is 9.34. The first kappa shape index (κ1) is 19.5. The fourth-order valence-electron chi connectivity index (χ4n) is 2.25. The van der Waals surface area contributed by atoms with Crippen molar-refractivity contribution in [3.63, 3.8) is 0 Å². The van der Waals surface area contributed by atoms with Crippen LogP contribution in [0, 0.1) is 0 Å². The molecule has 8 heteroatoms. The SMILES string of the molecule is COC(=O)c1ccc(NC(c2ccc(Cl)cc2)P(=O)(OC)OC)cc1. The van der Waals surface area contributed by atoms with Crippen molar-refractivity contribution in [3.05, 3.63) is 64.7 Å². The second kappa shape index (κ2) is 8.50.